The standard InChI is InChI=1S/C17H17ClFN3O2S2/c1-11(2)17(21-26(23,24)16-8-7-15(18)25-16)14-9-10-20-22(14)13-5-3-12(19)4-6-13/h3-11,17,21H,1-2H3. The monoisotopic (exact) mass is 413 g/mol. The number of aromatic nitrogens is 2. The number of benzene rings is 1. The van der Waals surface area contributed by atoms with Crippen LogP contribution in [0.2, 0.25) is 4.34 Å². The maximum absolute atomic E-state index is 13.2. The number of nitrogens with zero attached hydrogens (tertiary/aromatic N) is 2. The van der Waals surface area contributed by atoms with Crippen molar-refractivity contribution in [2.45, 2.75) is 24.1 Å². The van der Waals surface area contributed by atoms with Crippen molar-refractivity contribution in [3.05, 3.63) is 64.5 Å². The van der Waals surface area contributed by atoms with E-state index in [2.05, 4.69) is 9.82 Å². The second-order valence-electron chi connectivity index (χ2n) is 6.05. The molecule has 0 aliphatic rings. The van der Waals surface area contributed by atoms with Gasteiger partial charge in [-0.05, 0) is 48.4 Å². The summed E-state index contributed by atoms with van der Waals surface area (Å²) < 4.78 is 43.5. The van der Waals surface area contributed by atoms with Crippen LogP contribution in [-0.2, 0) is 10.0 Å². The van der Waals surface area contributed by atoms with Gasteiger partial charge >= 0.3 is 0 Å². The summed E-state index contributed by atoms with van der Waals surface area (Å²) >= 11 is 6.86. The molecule has 0 saturated carbocycles. The van der Waals surface area contributed by atoms with E-state index in [9.17, 15) is 12.8 Å². The summed E-state index contributed by atoms with van der Waals surface area (Å²) in [4.78, 5) is 0. The van der Waals surface area contributed by atoms with Gasteiger partial charge < -0.3 is 0 Å². The van der Waals surface area contributed by atoms with Crippen LogP contribution in [0, 0.1) is 11.7 Å². The Hall–Kier alpha value is -1.74. The third kappa shape index (κ3) is 3.98. The van der Waals surface area contributed by atoms with Crippen LogP contribution < -0.4 is 4.72 Å². The van der Waals surface area contributed by atoms with Crippen molar-refractivity contribution < 1.29 is 12.8 Å². The quantitative estimate of drug-likeness (QED) is 0.651. The zero-order valence-electron chi connectivity index (χ0n) is 14.1. The molecule has 1 aromatic carbocycles. The highest BCUT2D eigenvalue weighted by atomic mass is 35.5. The van der Waals surface area contributed by atoms with E-state index in [1.54, 1.807) is 35.1 Å². The SMILES string of the molecule is CC(C)C(NS(=O)(=O)c1ccc(Cl)s1)c1ccnn1-c1ccc(F)cc1. The van der Waals surface area contributed by atoms with E-state index in [4.69, 9.17) is 11.6 Å². The highest BCUT2D eigenvalue weighted by Crippen LogP contribution is 2.30. The summed E-state index contributed by atoms with van der Waals surface area (Å²) in [6.45, 7) is 3.83. The minimum absolute atomic E-state index is 0.0453. The zero-order valence-corrected chi connectivity index (χ0v) is 16.4. The zero-order chi connectivity index (χ0) is 18.9. The van der Waals surface area contributed by atoms with E-state index >= 15 is 0 Å². The fraction of sp³-hybridized carbons (Fsp3) is 0.235. The van der Waals surface area contributed by atoms with Gasteiger partial charge in [0.25, 0.3) is 10.0 Å². The summed E-state index contributed by atoms with van der Waals surface area (Å²) in [7, 11) is -3.73. The first kappa shape index (κ1) is 19.0. The molecule has 0 bridgehead atoms. The summed E-state index contributed by atoms with van der Waals surface area (Å²) in [6, 6.07) is 10.1. The molecular weight excluding hydrogens is 397 g/mol. The molecule has 3 rings (SSSR count). The fourth-order valence-corrected chi connectivity index (χ4v) is 5.41. The molecule has 0 aliphatic heterocycles. The average Bonchev–Trinajstić information content (AvgIpc) is 3.22. The van der Waals surface area contributed by atoms with Crippen molar-refractivity contribution in [3.63, 3.8) is 0 Å². The van der Waals surface area contributed by atoms with Crippen LogP contribution in [0.3, 0.4) is 0 Å². The van der Waals surface area contributed by atoms with Gasteiger partial charge in [-0.1, -0.05) is 25.4 Å². The molecule has 0 spiro atoms. The number of hydrogen-bond donors (Lipinski definition) is 1. The molecule has 1 N–H and O–H groups in total. The number of thiophene rings is 1. The minimum Gasteiger partial charge on any atom is -0.236 e. The molecule has 0 aliphatic carbocycles. The number of sulfonamides is 1. The van der Waals surface area contributed by atoms with Crippen LogP contribution in [0.15, 0.2) is 52.9 Å². The average molecular weight is 414 g/mol. The van der Waals surface area contributed by atoms with Crippen molar-refractivity contribution in [2.75, 3.05) is 0 Å². The summed E-state index contributed by atoms with van der Waals surface area (Å²) in [6.07, 6.45) is 1.59. The molecule has 9 heteroatoms. The van der Waals surface area contributed by atoms with Crippen molar-refractivity contribution in [1.29, 1.82) is 0 Å². The normalized spacial score (nSPS) is 13.3. The van der Waals surface area contributed by atoms with Gasteiger partial charge in [0, 0.05) is 6.20 Å². The second kappa shape index (κ2) is 7.48. The Bertz CT molecular complexity index is 997. The van der Waals surface area contributed by atoms with Gasteiger partial charge in [0.2, 0.25) is 0 Å². The van der Waals surface area contributed by atoms with Gasteiger partial charge in [-0.15, -0.1) is 11.3 Å². The molecule has 2 heterocycles. The first-order chi connectivity index (χ1) is 12.3. The third-order valence-corrected chi connectivity index (χ3v) is 6.99. The summed E-state index contributed by atoms with van der Waals surface area (Å²) in [5.41, 5.74) is 1.31. The van der Waals surface area contributed by atoms with Gasteiger partial charge in [-0.3, -0.25) is 0 Å². The first-order valence-electron chi connectivity index (χ1n) is 7.85. The minimum atomic E-state index is -3.73. The lowest BCUT2D eigenvalue weighted by Crippen LogP contribution is -2.32. The molecule has 138 valence electrons. The predicted octanol–water partition coefficient (Wildman–Crippen LogP) is 4.40. The number of rotatable bonds is 6. The van der Waals surface area contributed by atoms with Crippen LogP contribution in [0.4, 0.5) is 4.39 Å². The molecule has 0 amide bonds. The van der Waals surface area contributed by atoms with Crippen LogP contribution >= 0.6 is 22.9 Å². The van der Waals surface area contributed by atoms with Gasteiger partial charge in [0.05, 0.1) is 21.8 Å². The topological polar surface area (TPSA) is 64.0 Å². The Labute approximate surface area is 160 Å². The molecule has 0 radical (unpaired) electrons. The molecule has 1 unspecified atom stereocenters. The Morgan fingerprint density at radius 3 is 2.42 bits per heavy atom. The summed E-state index contributed by atoms with van der Waals surface area (Å²) in [5.74, 6) is -0.394. The van der Waals surface area contributed by atoms with Crippen LogP contribution in [0.25, 0.3) is 5.69 Å². The number of halogens is 2. The van der Waals surface area contributed by atoms with E-state index in [0.29, 0.717) is 15.7 Å². The van der Waals surface area contributed by atoms with E-state index in [-0.39, 0.29) is 15.9 Å². The number of nitrogens with one attached hydrogen (secondary N) is 1. The van der Waals surface area contributed by atoms with Gasteiger partial charge in [0.1, 0.15) is 10.0 Å². The van der Waals surface area contributed by atoms with E-state index in [0.717, 1.165) is 11.3 Å². The maximum atomic E-state index is 13.2. The molecule has 26 heavy (non-hydrogen) atoms. The van der Waals surface area contributed by atoms with Crippen molar-refractivity contribution in [3.8, 4) is 5.69 Å². The lowest BCUT2D eigenvalue weighted by molar-refractivity contribution is 0.446. The first-order valence-corrected chi connectivity index (χ1v) is 10.5. The lowest BCUT2D eigenvalue weighted by Gasteiger charge is -2.23. The molecule has 5 nitrogen and oxygen atoms in total. The molecule has 0 saturated heterocycles. The Balaban J connectivity index is 1.97. The maximum Gasteiger partial charge on any atom is 0.250 e. The third-order valence-electron chi connectivity index (χ3n) is 3.82. The molecule has 1 atom stereocenters. The highest BCUT2D eigenvalue weighted by Gasteiger charge is 2.27. The molecule has 0 fully saturated rings. The van der Waals surface area contributed by atoms with Gasteiger partial charge in [-0.25, -0.2) is 22.2 Å². The van der Waals surface area contributed by atoms with Crippen LogP contribution in [0.5, 0.6) is 0 Å². The largest absolute Gasteiger partial charge is 0.250 e. The summed E-state index contributed by atoms with van der Waals surface area (Å²) in [5, 5.41) is 4.27. The lowest BCUT2D eigenvalue weighted by atomic mass is 10.0. The molecule has 3 aromatic rings. The Morgan fingerprint density at radius 2 is 1.85 bits per heavy atom. The molecular formula is C17H17ClFN3O2S2. The van der Waals surface area contributed by atoms with E-state index in [1.807, 2.05) is 13.8 Å². The van der Waals surface area contributed by atoms with Crippen LogP contribution in [-0.4, -0.2) is 18.2 Å². The van der Waals surface area contributed by atoms with E-state index < -0.39 is 16.1 Å². The fourth-order valence-electron chi connectivity index (χ4n) is 2.55. The Morgan fingerprint density at radius 1 is 1.15 bits per heavy atom. The van der Waals surface area contributed by atoms with Crippen molar-refractivity contribution >= 4 is 33.0 Å². The Kier molecular flexibility index (Phi) is 5.47. The second-order valence-corrected chi connectivity index (χ2v) is 9.70. The van der Waals surface area contributed by atoms with E-state index in [1.165, 1.54) is 18.2 Å². The van der Waals surface area contributed by atoms with Gasteiger partial charge in [-0.2, -0.15) is 5.10 Å². The molecule has 2 aromatic heterocycles. The smallest absolute Gasteiger partial charge is 0.236 e. The van der Waals surface area contributed by atoms with Gasteiger partial charge in [0.15, 0.2) is 0 Å². The van der Waals surface area contributed by atoms with Crippen molar-refractivity contribution in [2.24, 2.45) is 5.92 Å². The number of hydrogen-bond acceptors (Lipinski definition) is 4. The van der Waals surface area contributed by atoms with Crippen LogP contribution in [0.1, 0.15) is 25.6 Å². The van der Waals surface area contributed by atoms with Crippen molar-refractivity contribution in [1.82, 2.24) is 14.5 Å². The predicted molar refractivity (Wildman–Crippen MR) is 101 cm³/mol. The highest BCUT2D eigenvalue weighted by molar-refractivity contribution is 7.91.